The number of carbonyl (C=O) groups excluding carboxylic acids is 2. The van der Waals surface area contributed by atoms with E-state index in [1.807, 2.05) is 68.4 Å². The van der Waals surface area contributed by atoms with E-state index in [1.54, 1.807) is 4.90 Å². The molecule has 1 aliphatic carbocycles. The van der Waals surface area contributed by atoms with Gasteiger partial charge in [-0.15, -0.1) is 0 Å². The summed E-state index contributed by atoms with van der Waals surface area (Å²) in [4.78, 5) is 27.6. The largest absolute Gasteiger partial charge is 0.351 e. The van der Waals surface area contributed by atoms with E-state index in [9.17, 15) is 9.59 Å². The molecule has 1 N–H and O–H groups in total. The van der Waals surface area contributed by atoms with E-state index in [-0.39, 0.29) is 11.8 Å². The summed E-state index contributed by atoms with van der Waals surface area (Å²) in [6.45, 7) is 5.59. The molecule has 0 atom stereocenters. The molecule has 1 saturated carbocycles. The van der Waals surface area contributed by atoms with Crippen LogP contribution in [0.1, 0.15) is 36.5 Å². The Morgan fingerprint density at radius 1 is 1.04 bits per heavy atom. The third-order valence-corrected chi connectivity index (χ3v) is 5.18. The second kappa shape index (κ2) is 7.73. The Labute approximate surface area is 155 Å². The molecule has 0 radical (unpaired) electrons. The van der Waals surface area contributed by atoms with Gasteiger partial charge in [-0.1, -0.05) is 54.6 Å². The SMILES string of the molecule is CCN(Cc1ccccc1)C(=O)C1(C(=O)NCc2ccccc2C)CC1. The van der Waals surface area contributed by atoms with Gasteiger partial charge in [-0.05, 0) is 43.4 Å². The summed E-state index contributed by atoms with van der Waals surface area (Å²) in [7, 11) is 0. The molecule has 0 aliphatic heterocycles. The maximum Gasteiger partial charge on any atom is 0.238 e. The van der Waals surface area contributed by atoms with Gasteiger partial charge in [-0.2, -0.15) is 0 Å². The fourth-order valence-electron chi connectivity index (χ4n) is 3.25. The lowest BCUT2D eigenvalue weighted by Gasteiger charge is -2.26. The average Bonchev–Trinajstić information content (AvgIpc) is 3.47. The summed E-state index contributed by atoms with van der Waals surface area (Å²) < 4.78 is 0. The predicted molar refractivity (Wildman–Crippen MR) is 102 cm³/mol. The minimum Gasteiger partial charge on any atom is -0.351 e. The Morgan fingerprint density at radius 3 is 2.31 bits per heavy atom. The molecule has 3 rings (SSSR count). The maximum absolute atomic E-state index is 13.0. The topological polar surface area (TPSA) is 49.4 Å². The molecular formula is C22H26N2O2. The van der Waals surface area contributed by atoms with Gasteiger partial charge < -0.3 is 10.2 Å². The molecular weight excluding hydrogens is 324 g/mol. The van der Waals surface area contributed by atoms with Crippen molar-refractivity contribution in [3.63, 3.8) is 0 Å². The van der Waals surface area contributed by atoms with Gasteiger partial charge in [-0.25, -0.2) is 0 Å². The highest BCUT2D eigenvalue weighted by atomic mass is 16.2. The normalized spacial score (nSPS) is 14.5. The summed E-state index contributed by atoms with van der Waals surface area (Å²) in [6, 6.07) is 17.9. The van der Waals surface area contributed by atoms with Crippen LogP contribution in [-0.4, -0.2) is 23.3 Å². The van der Waals surface area contributed by atoms with E-state index in [2.05, 4.69) is 5.32 Å². The van der Waals surface area contributed by atoms with Crippen molar-refractivity contribution in [3.8, 4) is 0 Å². The van der Waals surface area contributed by atoms with Crippen LogP contribution < -0.4 is 5.32 Å². The Hall–Kier alpha value is -2.62. The minimum absolute atomic E-state index is 0.0499. The number of rotatable bonds is 7. The van der Waals surface area contributed by atoms with Gasteiger partial charge >= 0.3 is 0 Å². The van der Waals surface area contributed by atoms with Crippen molar-refractivity contribution < 1.29 is 9.59 Å². The molecule has 0 saturated heterocycles. The molecule has 2 amide bonds. The van der Waals surface area contributed by atoms with Gasteiger partial charge in [0.2, 0.25) is 11.8 Å². The molecule has 136 valence electrons. The van der Waals surface area contributed by atoms with Crippen LogP contribution in [0.15, 0.2) is 54.6 Å². The lowest BCUT2D eigenvalue weighted by Crippen LogP contribution is -2.44. The molecule has 0 unspecified atom stereocenters. The molecule has 1 aliphatic rings. The standard InChI is InChI=1S/C22H26N2O2/c1-3-24(16-18-10-5-4-6-11-18)21(26)22(13-14-22)20(25)23-15-19-12-8-7-9-17(19)2/h4-12H,3,13-16H2,1-2H3,(H,23,25). The van der Waals surface area contributed by atoms with Gasteiger partial charge in [0.1, 0.15) is 5.41 Å². The first kappa shape index (κ1) is 18.2. The fourth-order valence-corrected chi connectivity index (χ4v) is 3.25. The first-order chi connectivity index (χ1) is 12.6. The van der Waals surface area contributed by atoms with E-state index < -0.39 is 5.41 Å². The molecule has 2 aromatic carbocycles. The molecule has 4 heteroatoms. The van der Waals surface area contributed by atoms with E-state index in [1.165, 1.54) is 0 Å². The number of nitrogens with zero attached hydrogens (tertiary/aromatic N) is 1. The third kappa shape index (κ3) is 3.79. The zero-order valence-corrected chi connectivity index (χ0v) is 15.5. The smallest absolute Gasteiger partial charge is 0.238 e. The van der Waals surface area contributed by atoms with E-state index in [0.29, 0.717) is 32.5 Å². The Bertz CT molecular complexity index is 782. The van der Waals surface area contributed by atoms with E-state index in [0.717, 1.165) is 16.7 Å². The fraction of sp³-hybridized carbons (Fsp3) is 0.364. The quantitative estimate of drug-likeness (QED) is 0.778. The number of hydrogen-bond donors (Lipinski definition) is 1. The van der Waals surface area contributed by atoms with Crippen molar-refractivity contribution in [2.24, 2.45) is 5.41 Å². The van der Waals surface area contributed by atoms with Crippen molar-refractivity contribution >= 4 is 11.8 Å². The van der Waals surface area contributed by atoms with Crippen LogP contribution in [0.3, 0.4) is 0 Å². The monoisotopic (exact) mass is 350 g/mol. The number of carbonyl (C=O) groups is 2. The highest BCUT2D eigenvalue weighted by molar-refractivity contribution is 6.07. The first-order valence-electron chi connectivity index (χ1n) is 9.23. The van der Waals surface area contributed by atoms with Crippen LogP contribution in [0.25, 0.3) is 0 Å². The molecule has 0 aromatic heterocycles. The molecule has 1 fully saturated rings. The van der Waals surface area contributed by atoms with Crippen molar-refractivity contribution in [1.82, 2.24) is 10.2 Å². The number of benzene rings is 2. The van der Waals surface area contributed by atoms with Crippen LogP contribution in [0.2, 0.25) is 0 Å². The maximum atomic E-state index is 13.0. The first-order valence-corrected chi connectivity index (χ1v) is 9.23. The van der Waals surface area contributed by atoms with Crippen LogP contribution >= 0.6 is 0 Å². The zero-order chi connectivity index (χ0) is 18.6. The number of hydrogen-bond acceptors (Lipinski definition) is 2. The lowest BCUT2D eigenvalue weighted by molar-refractivity contribution is -0.144. The van der Waals surface area contributed by atoms with Crippen molar-refractivity contribution in [2.45, 2.75) is 39.8 Å². The highest BCUT2D eigenvalue weighted by Gasteiger charge is 2.57. The number of amides is 2. The summed E-state index contributed by atoms with van der Waals surface area (Å²) in [5, 5.41) is 2.98. The third-order valence-electron chi connectivity index (χ3n) is 5.18. The number of aryl methyl sites for hydroxylation is 1. The van der Waals surface area contributed by atoms with Gasteiger partial charge in [0.15, 0.2) is 0 Å². The van der Waals surface area contributed by atoms with Crippen LogP contribution in [-0.2, 0) is 22.7 Å². The predicted octanol–water partition coefficient (Wildman–Crippen LogP) is 3.44. The molecule has 0 heterocycles. The second-order valence-electron chi connectivity index (χ2n) is 7.00. The van der Waals surface area contributed by atoms with Gasteiger partial charge in [0.05, 0.1) is 0 Å². The Balaban J connectivity index is 1.65. The summed E-state index contributed by atoms with van der Waals surface area (Å²) in [5.41, 5.74) is 2.44. The van der Waals surface area contributed by atoms with Crippen LogP contribution in [0.5, 0.6) is 0 Å². The van der Waals surface area contributed by atoms with Crippen LogP contribution in [0, 0.1) is 12.3 Å². The highest BCUT2D eigenvalue weighted by Crippen LogP contribution is 2.47. The van der Waals surface area contributed by atoms with Crippen molar-refractivity contribution in [1.29, 1.82) is 0 Å². The molecule has 26 heavy (non-hydrogen) atoms. The van der Waals surface area contributed by atoms with Crippen molar-refractivity contribution in [3.05, 3.63) is 71.3 Å². The van der Waals surface area contributed by atoms with E-state index in [4.69, 9.17) is 0 Å². The number of nitrogens with one attached hydrogen (secondary N) is 1. The Morgan fingerprint density at radius 2 is 1.69 bits per heavy atom. The molecule has 2 aromatic rings. The summed E-state index contributed by atoms with van der Waals surface area (Å²) >= 11 is 0. The second-order valence-corrected chi connectivity index (χ2v) is 7.00. The Kier molecular flexibility index (Phi) is 5.40. The zero-order valence-electron chi connectivity index (χ0n) is 15.5. The lowest BCUT2D eigenvalue weighted by atomic mass is 10.0. The van der Waals surface area contributed by atoms with Crippen molar-refractivity contribution in [2.75, 3.05) is 6.54 Å². The minimum atomic E-state index is -0.868. The summed E-state index contributed by atoms with van der Waals surface area (Å²) in [6.07, 6.45) is 1.27. The van der Waals surface area contributed by atoms with Gasteiger partial charge in [0.25, 0.3) is 0 Å². The van der Waals surface area contributed by atoms with Crippen LogP contribution in [0.4, 0.5) is 0 Å². The molecule has 0 spiro atoms. The molecule has 0 bridgehead atoms. The van der Waals surface area contributed by atoms with Gasteiger partial charge in [-0.3, -0.25) is 9.59 Å². The molecule has 4 nitrogen and oxygen atoms in total. The van der Waals surface area contributed by atoms with E-state index >= 15 is 0 Å². The summed E-state index contributed by atoms with van der Waals surface area (Å²) in [5.74, 6) is -0.191. The van der Waals surface area contributed by atoms with Gasteiger partial charge in [0, 0.05) is 19.6 Å². The average molecular weight is 350 g/mol.